The predicted octanol–water partition coefficient (Wildman–Crippen LogP) is 1.68. The molecule has 0 unspecified atom stereocenters. The van der Waals surface area contributed by atoms with Gasteiger partial charge in [-0.05, 0) is 25.3 Å². The van der Waals surface area contributed by atoms with Crippen LogP contribution in [0.4, 0.5) is 0 Å². The minimum atomic E-state index is -0.0423. The summed E-state index contributed by atoms with van der Waals surface area (Å²) in [5, 5.41) is 0. The van der Waals surface area contributed by atoms with E-state index in [-0.39, 0.29) is 11.7 Å². The molecular formula is C11H18N2O. The van der Waals surface area contributed by atoms with Crippen molar-refractivity contribution in [3.05, 3.63) is 11.3 Å². The molecule has 0 amide bonds. The molecule has 0 heterocycles. The van der Waals surface area contributed by atoms with Crippen molar-refractivity contribution in [2.24, 2.45) is 16.6 Å². The molecule has 0 atom stereocenters. The van der Waals surface area contributed by atoms with E-state index >= 15 is 0 Å². The Morgan fingerprint density at radius 2 is 2.07 bits per heavy atom. The summed E-state index contributed by atoms with van der Waals surface area (Å²) >= 11 is 0. The van der Waals surface area contributed by atoms with Crippen molar-refractivity contribution in [2.45, 2.75) is 39.7 Å². The van der Waals surface area contributed by atoms with Crippen molar-refractivity contribution < 1.29 is 4.79 Å². The van der Waals surface area contributed by atoms with Gasteiger partial charge in [-0.3, -0.25) is 9.79 Å². The standard InChI is InChI=1S/C11H18N2O/c1-7(2)11(14)10(12)8(3)6-13-9-4-5-9/h6-7,9H,4-5,12H2,1-3H3/b10-8-,13-6?. The van der Waals surface area contributed by atoms with E-state index in [1.54, 1.807) is 6.21 Å². The molecule has 1 fully saturated rings. The van der Waals surface area contributed by atoms with Crippen molar-refractivity contribution >= 4 is 12.0 Å². The summed E-state index contributed by atoms with van der Waals surface area (Å²) in [7, 11) is 0. The number of rotatable bonds is 4. The third kappa shape index (κ3) is 2.98. The molecule has 0 aromatic carbocycles. The fourth-order valence-corrected chi connectivity index (χ4v) is 1.02. The van der Waals surface area contributed by atoms with E-state index in [0.717, 1.165) is 5.57 Å². The van der Waals surface area contributed by atoms with Crippen LogP contribution in [0.5, 0.6) is 0 Å². The Morgan fingerprint density at radius 1 is 1.50 bits per heavy atom. The number of aliphatic imine (C=N–C) groups is 1. The van der Waals surface area contributed by atoms with Crippen molar-refractivity contribution in [2.75, 3.05) is 0 Å². The van der Waals surface area contributed by atoms with Gasteiger partial charge in [-0.2, -0.15) is 0 Å². The normalized spacial score (nSPS) is 18.9. The molecule has 1 rings (SSSR count). The molecule has 0 aromatic heterocycles. The lowest BCUT2D eigenvalue weighted by Crippen LogP contribution is -2.19. The smallest absolute Gasteiger partial charge is 0.181 e. The van der Waals surface area contributed by atoms with Crippen molar-refractivity contribution in [3.63, 3.8) is 0 Å². The first-order chi connectivity index (χ1) is 6.52. The van der Waals surface area contributed by atoms with Gasteiger partial charge in [0.05, 0.1) is 11.7 Å². The van der Waals surface area contributed by atoms with Crippen LogP contribution >= 0.6 is 0 Å². The van der Waals surface area contributed by atoms with Gasteiger partial charge in [0.1, 0.15) is 0 Å². The van der Waals surface area contributed by atoms with Crippen LogP contribution in [0.2, 0.25) is 0 Å². The highest BCUT2D eigenvalue weighted by molar-refractivity contribution is 6.01. The molecule has 3 nitrogen and oxygen atoms in total. The molecule has 0 radical (unpaired) electrons. The number of hydrogen-bond donors (Lipinski definition) is 1. The molecule has 3 heteroatoms. The van der Waals surface area contributed by atoms with Crippen molar-refractivity contribution in [3.8, 4) is 0 Å². The predicted molar refractivity (Wildman–Crippen MR) is 58.2 cm³/mol. The second kappa shape index (κ2) is 4.40. The van der Waals surface area contributed by atoms with Crippen molar-refractivity contribution in [1.29, 1.82) is 0 Å². The Morgan fingerprint density at radius 3 is 2.50 bits per heavy atom. The fourth-order valence-electron chi connectivity index (χ4n) is 1.02. The van der Waals surface area contributed by atoms with Crippen LogP contribution in [0.1, 0.15) is 33.6 Å². The number of carbonyl (C=O) groups is 1. The minimum absolute atomic E-state index is 0.00440. The van der Waals surface area contributed by atoms with Gasteiger partial charge in [0.15, 0.2) is 5.78 Å². The zero-order valence-corrected chi connectivity index (χ0v) is 9.08. The molecule has 0 spiro atoms. The maximum absolute atomic E-state index is 11.5. The van der Waals surface area contributed by atoms with E-state index < -0.39 is 0 Å². The number of carbonyl (C=O) groups excluding carboxylic acids is 1. The van der Waals surface area contributed by atoms with E-state index in [9.17, 15) is 4.79 Å². The van der Waals surface area contributed by atoms with Gasteiger partial charge >= 0.3 is 0 Å². The van der Waals surface area contributed by atoms with Crippen LogP contribution in [0.15, 0.2) is 16.3 Å². The summed E-state index contributed by atoms with van der Waals surface area (Å²) in [6.07, 6.45) is 4.07. The van der Waals surface area contributed by atoms with E-state index in [1.807, 2.05) is 20.8 Å². The lowest BCUT2D eigenvalue weighted by molar-refractivity contribution is -0.118. The second-order valence-electron chi connectivity index (χ2n) is 4.12. The van der Waals surface area contributed by atoms with Crippen molar-refractivity contribution in [1.82, 2.24) is 0 Å². The number of Topliss-reactive ketones (excluding diaryl/α,β-unsaturated/α-hetero) is 1. The first kappa shape index (κ1) is 11.0. The van der Waals surface area contributed by atoms with Gasteiger partial charge in [0, 0.05) is 12.1 Å². The van der Waals surface area contributed by atoms with E-state index in [4.69, 9.17) is 5.73 Å². The monoisotopic (exact) mass is 194 g/mol. The average Bonchev–Trinajstić information content (AvgIpc) is 2.95. The quantitative estimate of drug-likeness (QED) is 0.546. The molecule has 0 bridgehead atoms. The maximum atomic E-state index is 11.5. The zero-order valence-electron chi connectivity index (χ0n) is 9.08. The highest BCUT2D eigenvalue weighted by Gasteiger charge is 2.19. The van der Waals surface area contributed by atoms with Crippen LogP contribution in [-0.4, -0.2) is 18.0 Å². The fraction of sp³-hybridized carbons (Fsp3) is 0.636. The lowest BCUT2D eigenvalue weighted by Gasteiger charge is -2.05. The Hall–Kier alpha value is -1.12. The molecule has 0 saturated heterocycles. The molecule has 78 valence electrons. The number of nitrogens with two attached hydrogens (primary N) is 1. The molecule has 1 saturated carbocycles. The van der Waals surface area contributed by atoms with Gasteiger partial charge < -0.3 is 5.73 Å². The van der Waals surface area contributed by atoms with Crippen LogP contribution in [0, 0.1) is 5.92 Å². The second-order valence-corrected chi connectivity index (χ2v) is 4.12. The summed E-state index contributed by atoms with van der Waals surface area (Å²) in [5.74, 6) is -0.0379. The Kier molecular flexibility index (Phi) is 3.44. The van der Waals surface area contributed by atoms with E-state index in [2.05, 4.69) is 4.99 Å². The summed E-state index contributed by atoms with van der Waals surface area (Å²) in [4.78, 5) is 15.8. The molecule has 1 aliphatic carbocycles. The SMILES string of the molecule is C/C(C=NC1CC1)=C(/N)C(=O)C(C)C. The first-order valence-electron chi connectivity index (χ1n) is 5.06. The molecule has 0 aliphatic heterocycles. The zero-order chi connectivity index (χ0) is 10.7. The molecule has 14 heavy (non-hydrogen) atoms. The maximum Gasteiger partial charge on any atom is 0.181 e. The van der Waals surface area contributed by atoms with Crippen LogP contribution in [0.25, 0.3) is 0 Å². The number of nitrogens with zero attached hydrogens (tertiary/aromatic N) is 1. The summed E-state index contributed by atoms with van der Waals surface area (Å²) in [6.45, 7) is 5.53. The van der Waals surface area contributed by atoms with Gasteiger partial charge in [-0.25, -0.2) is 0 Å². The molecule has 1 aliphatic rings. The topological polar surface area (TPSA) is 55.4 Å². The van der Waals surface area contributed by atoms with Gasteiger partial charge in [-0.15, -0.1) is 0 Å². The van der Waals surface area contributed by atoms with Crippen LogP contribution in [0.3, 0.4) is 0 Å². The van der Waals surface area contributed by atoms with Crippen LogP contribution < -0.4 is 5.73 Å². The Balaban J connectivity index is 2.65. The van der Waals surface area contributed by atoms with E-state index in [0.29, 0.717) is 11.7 Å². The van der Waals surface area contributed by atoms with Gasteiger partial charge in [0.25, 0.3) is 0 Å². The number of hydrogen-bond acceptors (Lipinski definition) is 3. The summed E-state index contributed by atoms with van der Waals surface area (Å²) in [6, 6.07) is 0.479. The highest BCUT2D eigenvalue weighted by Crippen LogP contribution is 2.23. The molecular weight excluding hydrogens is 176 g/mol. The Labute approximate surface area is 85.1 Å². The molecule has 2 N–H and O–H groups in total. The first-order valence-corrected chi connectivity index (χ1v) is 5.06. The van der Waals surface area contributed by atoms with Crippen LogP contribution in [-0.2, 0) is 4.79 Å². The highest BCUT2D eigenvalue weighted by atomic mass is 16.1. The summed E-state index contributed by atoms with van der Waals surface area (Å²) in [5.41, 5.74) is 6.85. The van der Waals surface area contributed by atoms with E-state index in [1.165, 1.54) is 12.8 Å². The molecule has 0 aromatic rings. The largest absolute Gasteiger partial charge is 0.396 e. The van der Waals surface area contributed by atoms with Gasteiger partial charge in [-0.1, -0.05) is 13.8 Å². The summed E-state index contributed by atoms with van der Waals surface area (Å²) < 4.78 is 0. The third-order valence-corrected chi connectivity index (χ3v) is 2.24. The number of ketones is 1. The lowest BCUT2D eigenvalue weighted by atomic mass is 10.0. The third-order valence-electron chi connectivity index (χ3n) is 2.24. The Bertz CT molecular complexity index is 286. The number of allylic oxidation sites excluding steroid dienone is 2. The minimum Gasteiger partial charge on any atom is -0.396 e. The average molecular weight is 194 g/mol. The van der Waals surface area contributed by atoms with Gasteiger partial charge in [0.2, 0.25) is 0 Å².